The predicted octanol–water partition coefficient (Wildman–Crippen LogP) is 4.91. The number of rotatable bonds is 7. The number of aromatic nitrogens is 1. The van der Waals surface area contributed by atoms with Gasteiger partial charge in [-0.15, -0.1) is 11.3 Å². The van der Waals surface area contributed by atoms with E-state index in [0.717, 1.165) is 24.2 Å². The fourth-order valence-electron chi connectivity index (χ4n) is 6.93. The third kappa shape index (κ3) is 4.59. The molecule has 0 radical (unpaired) electrons. The summed E-state index contributed by atoms with van der Waals surface area (Å²) in [5.41, 5.74) is 3.99. The third-order valence-corrected chi connectivity index (χ3v) is 8.84. The molecule has 3 bridgehead atoms. The van der Waals surface area contributed by atoms with Crippen molar-refractivity contribution < 1.29 is 14.8 Å². The smallest absolute Gasteiger partial charge is 0.249 e. The molecule has 170 valence electrons. The first-order valence-corrected chi connectivity index (χ1v) is 12.6. The van der Waals surface area contributed by atoms with Crippen molar-refractivity contribution in [2.75, 3.05) is 5.32 Å². The Morgan fingerprint density at radius 3 is 2.62 bits per heavy atom. The van der Waals surface area contributed by atoms with Crippen molar-refractivity contribution in [3.63, 3.8) is 0 Å². The second kappa shape index (κ2) is 8.94. The summed E-state index contributed by atoms with van der Waals surface area (Å²) in [7, 11) is 0. The van der Waals surface area contributed by atoms with E-state index in [9.17, 15) is 9.59 Å². The van der Waals surface area contributed by atoms with Gasteiger partial charge < -0.3 is 5.32 Å². The summed E-state index contributed by atoms with van der Waals surface area (Å²) < 4.78 is 0. The Balaban J connectivity index is 1.17. The highest BCUT2D eigenvalue weighted by Gasteiger charge is 2.52. The zero-order valence-electron chi connectivity index (χ0n) is 18.3. The second-order valence-corrected chi connectivity index (χ2v) is 11.1. The van der Waals surface area contributed by atoms with E-state index >= 15 is 0 Å². The molecule has 3 aliphatic rings. The minimum Gasteiger partial charge on any atom is -0.302 e. The molecule has 5 rings (SSSR count). The van der Waals surface area contributed by atoms with E-state index in [2.05, 4.69) is 40.6 Å². The number of hydrogen-bond acceptors (Lipinski definition) is 5. The van der Waals surface area contributed by atoms with E-state index in [0.29, 0.717) is 28.6 Å². The van der Waals surface area contributed by atoms with Gasteiger partial charge in [0, 0.05) is 11.8 Å². The van der Waals surface area contributed by atoms with Gasteiger partial charge in [0.2, 0.25) is 11.8 Å². The minimum atomic E-state index is -0.514. The summed E-state index contributed by atoms with van der Waals surface area (Å²) in [5.74, 6) is 2.62. The predicted molar refractivity (Wildman–Crippen MR) is 123 cm³/mol. The summed E-state index contributed by atoms with van der Waals surface area (Å²) in [5, 5.41) is 13.8. The zero-order valence-corrected chi connectivity index (χ0v) is 19.1. The standard InChI is InChI=1S/C25H31N3O3S/c29-22(27-24-26-21(15-32-24)11-23(30)28-31)6-7-25-12-16-8-18(17-4-2-1-3-5-17)10-20(14-25)19(9-16)13-25/h1-5,15-16,18-20,31H,6-14H2,(H,28,30)(H,26,27,29). The van der Waals surface area contributed by atoms with E-state index in [1.54, 1.807) is 10.9 Å². The Hall–Kier alpha value is -2.25. The molecule has 5 unspecified atom stereocenters. The minimum absolute atomic E-state index is 0.000121. The van der Waals surface area contributed by atoms with Gasteiger partial charge in [-0.3, -0.25) is 14.8 Å². The molecular formula is C25H31N3O3S. The van der Waals surface area contributed by atoms with Gasteiger partial charge in [-0.25, -0.2) is 10.5 Å². The summed E-state index contributed by atoms with van der Waals surface area (Å²) in [4.78, 5) is 28.2. The Morgan fingerprint density at radius 1 is 1.06 bits per heavy atom. The van der Waals surface area contributed by atoms with Crippen LogP contribution in [0.25, 0.3) is 0 Å². The molecule has 2 aromatic rings. The fourth-order valence-corrected chi connectivity index (χ4v) is 7.65. The molecule has 3 N–H and O–H groups in total. The van der Waals surface area contributed by atoms with Crippen molar-refractivity contribution in [3.8, 4) is 0 Å². The average Bonchev–Trinajstić information content (AvgIpc) is 3.29. The van der Waals surface area contributed by atoms with Crippen LogP contribution in [-0.2, 0) is 16.0 Å². The highest BCUT2D eigenvalue weighted by atomic mass is 32.1. The van der Waals surface area contributed by atoms with Crippen LogP contribution >= 0.6 is 11.3 Å². The van der Waals surface area contributed by atoms with Gasteiger partial charge in [0.1, 0.15) is 0 Å². The van der Waals surface area contributed by atoms with Crippen LogP contribution < -0.4 is 10.8 Å². The van der Waals surface area contributed by atoms with Crippen LogP contribution in [0.1, 0.15) is 68.5 Å². The van der Waals surface area contributed by atoms with Crippen LogP contribution in [0.2, 0.25) is 0 Å². The first-order valence-electron chi connectivity index (χ1n) is 11.7. The molecule has 7 heteroatoms. The highest BCUT2D eigenvalue weighted by Crippen LogP contribution is 2.63. The zero-order chi connectivity index (χ0) is 22.1. The molecule has 1 heterocycles. The first kappa shape index (κ1) is 21.6. The molecule has 0 saturated heterocycles. The quantitative estimate of drug-likeness (QED) is 0.410. The van der Waals surface area contributed by atoms with Gasteiger partial charge in [-0.05, 0) is 79.6 Å². The van der Waals surface area contributed by atoms with Crippen molar-refractivity contribution in [1.82, 2.24) is 10.5 Å². The lowest BCUT2D eigenvalue weighted by atomic mass is 9.66. The number of amides is 2. The maximum Gasteiger partial charge on any atom is 0.249 e. The van der Waals surface area contributed by atoms with Crippen LogP contribution in [0.4, 0.5) is 5.13 Å². The van der Waals surface area contributed by atoms with Gasteiger partial charge >= 0.3 is 0 Å². The molecule has 2 amide bonds. The number of fused-ring (bicyclic) bond motifs is 2. The summed E-state index contributed by atoms with van der Waals surface area (Å²) in [6.07, 6.45) is 9.32. The van der Waals surface area contributed by atoms with Gasteiger partial charge in [-0.2, -0.15) is 0 Å². The molecular weight excluding hydrogens is 422 g/mol. The maximum absolute atomic E-state index is 12.6. The van der Waals surface area contributed by atoms with Gasteiger partial charge in [0.25, 0.3) is 0 Å². The Morgan fingerprint density at radius 2 is 1.84 bits per heavy atom. The monoisotopic (exact) mass is 453 g/mol. The molecule has 3 saturated carbocycles. The maximum atomic E-state index is 12.6. The molecule has 32 heavy (non-hydrogen) atoms. The Kier molecular flexibility index (Phi) is 6.03. The second-order valence-electron chi connectivity index (χ2n) is 10.2. The lowest BCUT2D eigenvalue weighted by molar-refractivity contribution is -0.128. The molecule has 0 aliphatic heterocycles. The molecule has 0 spiro atoms. The molecule has 3 fully saturated rings. The largest absolute Gasteiger partial charge is 0.302 e. The molecule has 5 atom stereocenters. The number of nitrogens with one attached hydrogen (secondary N) is 2. The fraction of sp³-hybridized carbons (Fsp3) is 0.560. The van der Waals surface area contributed by atoms with Crippen molar-refractivity contribution in [2.45, 2.75) is 63.7 Å². The molecule has 3 aliphatic carbocycles. The van der Waals surface area contributed by atoms with E-state index in [4.69, 9.17) is 5.21 Å². The highest BCUT2D eigenvalue weighted by molar-refractivity contribution is 7.13. The number of carbonyl (C=O) groups excluding carboxylic acids is 2. The lowest BCUT2D eigenvalue weighted by Crippen LogP contribution is -2.29. The van der Waals surface area contributed by atoms with Crippen molar-refractivity contribution in [2.24, 2.45) is 23.2 Å². The van der Waals surface area contributed by atoms with Crippen LogP contribution in [0, 0.1) is 23.2 Å². The lowest BCUT2D eigenvalue weighted by Gasteiger charge is -2.39. The van der Waals surface area contributed by atoms with Crippen LogP contribution in [0.5, 0.6) is 0 Å². The van der Waals surface area contributed by atoms with Gasteiger partial charge in [0.15, 0.2) is 5.13 Å². The van der Waals surface area contributed by atoms with Crippen molar-refractivity contribution >= 4 is 28.3 Å². The van der Waals surface area contributed by atoms with Gasteiger partial charge in [-0.1, -0.05) is 30.3 Å². The normalized spacial score (nSPS) is 30.7. The Labute approximate surface area is 192 Å². The Bertz CT molecular complexity index is 974. The molecule has 1 aromatic carbocycles. The van der Waals surface area contributed by atoms with Crippen molar-refractivity contribution in [3.05, 3.63) is 47.0 Å². The number of hydroxylamine groups is 1. The van der Waals surface area contributed by atoms with Crippen molar-refractivity contribution in [1.29, 1.82) is 0 Å². The van der Waals surface area contributed by atoms with Crippen LogP contribution in [0.3, 0.4) is 0 Å². The van der Waals surface area contributed by atoms with Gasteiger partial charge in [0.05, 0.1) is 12.1 Å². The average molecular weight is 454 g/mol. The molecule has 1 aromatic heterocycles. The van der Waals surface area contributed by atoms with Crippen LogP contribution in [-0.4, -0.2) is 22.0 Å². The topological polar surface area (TPSA) is 91.3 Å². The first-order chi connectivity index (χ1) is 15.5. The summed E-state index contributed by atoms with van der Waals surface area (Å²) >= 11 is 1.31. The van der Waals surface area contributed by atoms with Crippen LogP contribution in [0.15, 0.2) is 35.7 Å². The third-order valence-electron chi connectivity index (χ3n) is 8.04. The SMILES string of the molecule is O=C(Cc1csc(NC(=O)CCC23CC4CC(c5ccccc5)CC(C2)C(C4)C3)n1)NO. The molecule has 6 nitrogen and oxygen atoms in total. The summed E-state index contributed by atoms with van der Waals surface area (Å²) in [6, 6.07) is 11.1. The number of hydrogen-bond donors (Lipinski definition) is 3. The van der Waals surface area contributed by atoms with E-state index < -0.39 is 5.91 Å². The number of carbonyl (C=O) groups is 2. The number of anilines is 1. The number of thiazole rings is 1. The number of nitrogens with zero attached hydrogens (tertiary/aromatic N) is 1. The van der Waals surface area contributed by atoms with E-state index in [1.807, 2.05) is 0 Å². The van der Waals surface area contributed by atoms with E-state index in [-0.39, 0.29) is 12.3 Å². The number of benzene rings is 1. The van der Waals surface area contributed by atoms with E-state index in [1.165, 1.54) is 55.4 Å². The summed E-state index contributed by atoms with van der Waals surface area (Å²) in [6.45, 7) is 0.